The Hall–Kier alpha value is -2.23. The number of rotatable bonds is 4. The topological polar surface area (TPSA) is 53.3 Å². The Morgan fingerprint density at radius 1 is 1.36 bits per heavy atom. The largest absolute Gasteiger partial charge is 0.573 e. The van der Waals surface area contributed by atoms with Gasteiger partial charge < -0.3 is 9.64 Å². The minimum Gasteiger partial charge on any atom is -0.406 e. The SMILES string of the molecule is CN(C(=O)Cc1ccc(OC(F)(F)F)cc1)C1(C#N)CCC1. The molecule has 7 heteroatoms. The Morgan fingerprint density at radius 2 is 1.95 bits per heavy atom. The number of hydrogen-bond acceptors (Lipinski definition) is 3. The van der Waals surface area contributed by atoms with E-state index in [0.717, 1.165) is 6.42 Å². The summed E-state index contributed by atoms with van der Waals surface area (Å²) in [5.74, 6) is -0.560. The number of halogens is 3. The summed E-state index contributed by atoms with van der Waals surface area (Å²) >= 11 is 0. The van der Waals surface area contributed by atoms with Crippen LogP contribution in [0.25, 0.3) is 0 Å². The third kappa shape index (κ3) is 3.50. The first-order valence-corrected chi connectivity index (χ1v) is 6.78. The number of likely N-dealkylation sites (N-methyl/N-ethyl adjacent to an activating group) is 1. The van der Waals surface area contributed by atoms with Crippen LogP contribution in [0.5, 0.6) is 5.75 Å². The molecule has 1 amide bonds. The van der Waals surface area contributed by atoms with E-state index in [9.17, 15) is 23.2 Å². The molecular formula is C15H15F3N2O2. The average Bonchev–Trinajstić information content (AvgIpc) is 2.38. The second kappa shape index (κ2) is 5.87. The van der Waals surface area contributed by atoms with Crippen molar-refractivity contribution in [3.8, 4) is 11.8 Å². The highest BCUT2D eigenvalue weighted by Crippen LogP contribution is 2.36. The summed E-state index contributed by atoms with van der Waals surface area (Å²) in [6.45, 7) is 0. The summed E-state index contributed by atoms with van der Waals surface area (Å²) in [4.78, 5) is 13.6. The number of amides is 1. The van der Waals surface area contributed by atoms with Crippen LogP contribution in [0.4, 0.5) is 13.2 Å². The van der Waals surface area contributed by atoms with E-state index in [4.69, 9.17) is 0 Å². The lowest BCUT2D eigenvalue weighted by Gasteiger charge is -2.43. The van der Waals surface area contributed by atoms with E-state index in [0.29, 0.717) is 18.4 Å². The number of alkyl halides is 3. The van der Waals surface area contributed by atoms with E-state index < -0.39 is 11.9 Å². The van der Waals surface area contributed by atoms with Crippen molar-refractivity contribution in [2.45, 2.75) is 37.6 Å². The molecule has 1 aliphatic carbocycles. The van der Waals surface area contributed by atoms with Gasteiger partial charge in [0.25, 0.3) is 0 Å². The Balaban J connectivity index is 1.99. The second-order valence-corrected chi connectivity index (χ2v) is 5.32. The van der Waals surface area contributed by atoms with Crippen molar-refractivity contribution in [1.29, 1.82) is 5.26 Å². The van der Waals surface area contributed by atoms with Crippen molar-refractivity contribution < 1.29 is 22.7 Å². The van der Waals surface area contributed by atoms with Crippen molar-refractivity contribution in [3.05, 3.63) is 29.8 Å². The minimum absolute atomic E-state index is 0.0340. The number of ether oxygens (including phenoxy) is 1. The van der Waals surface area contributed by atoms with E-state index in [2.05, 4.69) is 10.8 Å². The van der Waals surface area contributed by atoms with Gasteiger partial charge in [-0.05, 0) is 37.0 Å². The van der Waals surface area contributed by atoms with Gasteiger partial charge in [-0.1, -0.05) is 12.1 Å². The fraction of sp³-hybridized carbons (Fsp3) is 0.467. The van der Waals surface area contributed by atoms with E-state index in [-0.39, 0.29) is 18.1 Å². The number of hydrogen-bond donors (Lipinski definition) is 0. The summed E-state index contributed by atoms with van der Waals surface area (Å²) in [5, 5.41) is 9.20. The Labute approximate surface area is 126 Å². The molecule has 1 aromatic rings. The van der Waals surface area contributed by atoms with Crippen molar-refractivity contribution in [2.24, 2.45) is 0 Å². The van der Waals surface area contributed by atoms with Gasteiger partial charge in [-0.15, -0.1) is 13.2 Å². The normalized spacial score (nSPS) is 16.3. The maximum atomic E-state index is 12.2. The Kier molecular flexibility index (Phi) is 4.31. The van der Waals surface area contributed by atoms with E-state index in [1.54, 1.807) is 7.05 Å². The zero-order valence-electron chi connectivity index (χ0n) is 12.0. The predicted octanol–water partition coefficient (Wildman–Crippen LogP) is 3.03. The standard InChI is InChI=1S/C15H15F3N2O2/c1-20(14(10-19)7-2-8-14)13(21)9-11-3-5-12(6-4-11)22-15(16,17)18/h3-6H,2,7-9H2,1H3. The van der Waals surface area contributed by atoms with Gasteiger partial charge in [0.05, 0.1) is 12.5 Å². The molecule has 1 aromatic carbocycles. The van der Waals surface area contributed by atoms with Crippen LogP contribution in [0.15, 0.2) is 24.3 Å². The zero-order valence-corrected chi connectivity index (χ0v) is 12.0. The van der Waals surface area contributed by atoms with Crippen molar-refractivity contribution >= 4 is 5.91 Å². The quantitative estimate of drug-likeness (QED) is 0.858. The molecule has 0 heterocycles. The third-order valence-corrected chi connectivity index (χ3v) is 3.92. The Bertz CT molecular complexity index is 586. The lowest BCUT2D eigenvalue weighted by Crippen LogP contribution is -2.53. The maximum absolute atomic E-state index is 12.2. The monoisotopic (exact) mass is 312 g/mol. The average molecular weight is 312 g/mol. The second-order valence-electron chi connectivity index (χ2n) is 5.32. The number of carbonyl (C=O) groups is 1. The van der Waals surface area contributed by atoms with E-state index in [1.807, 2.05) is 0 Å². The molecule has 1 aliphatic rings. The first-order chi connectivity index (χ1) is 10.3. The molecule has 118 valence electrons. The highest BCUT2D eigenvalue weighted by atomic mass is 19.4. The summed E-state index contributed by atoms with van der Waals surface area (Å²) in [6, 6.07) is 7.33. The summed E-state index contributed by atoms with van der Waals surface area (Å²) in [6.07, 6.45) is -2.48. The number of carbonyl (C=O) groups excluding carboxylic acids is 1. The molecule has 4 nitrogen and oxygen atoms in total. The van der Waals surface area contributed by atoms with Gasteiger partial charge in [0, 0.05) is 7.05 Å². The maximum Gasteiger partial charge on any atom is 0.573 e. The van der Waals surface area contributed by atoms with Crippen LogP contribution in [-0.2, 0) is 11.2 Å². The van der Waals surface area contributed by atoms with E-state index in [1.165, 1.54) is 29.2 Å². The van der Waals surface area contributed by atoms with Crippen LogP contribution in [0.3, 0.4) is 0 Å². The molecule has 2 rings (SSSR count). The van der Waals surface area contributed by atoms with Gasteiger partial charge in [-0.3, -0.25) is 4.79 Å². The van der Waals surface area contributed by atoms with Gasteiger partial charge in [0.1, 0.15) is 11.3 Å². The lowest BCUT2D eigenvalue weighted by atomic mass is 9.76. The lowest BCUT2D eigenvalue weighted by molar-refractivity contribution is -0.274. The van der Waals surface area contributed by atoms with Crippen molar-refractivity contribution in [1.82, 2.24) is 4.90 Å². The first kappa shape index (κ1) is 16.1. The Morgan fingerprint density at radius 3 is 2.36 bits per heavy atom. The molecule has 0 spiro atoms. The summed E-state index contributed by atoms with van der Waals surface area (Å²) in [5.41, 5.74) is -0.157. The molecule has 0 bridgehead atoms. The highest BCUT2D eigenvalue weighted by Gasteiger charge is 2.43. The van der Waals surface area contributed by atoms with Crippen LogP contribution in [0.2, 0.25) is 0 Å². The fourth-order valence-corrected chi connectivity index (χ4v) is 2.37. The molecule has 1 saturated carbocycles. The fourth-order valence-electron chi connectivity index (χ4n) is 2.37. The van der Waals surface area contributed by atoms with Crippen LogP contribution < -0.4 is 4.74 Å². The van der Waals surface area contributed by atoms with Crippen molar-refractivity contribution in [2.75, 3.05) is 7.05 Å². The highest BCUT2D eigenvalue weighted by molar-refractivity contribution is 5.80. The summed E-state index contributed by atoms with van der Waals surface area (Å²) in [7, 11) is 1.59. The van der Waals surface area contributed by atoms with Crippen LogP contribution in [-0.4, -0.2) is 29.8 Å². The molecule has 1 fully saturated rings. The molecule has 0 N–H and O–H groups in total. The van der Waals surface area contributed by atoms with Crippen LogP contribution >= 0.6 is 0 Å². The van der Waals surface area contributed by atoms with Gasteiger partial charge in [0.2, 0.25) is 5.91 Å². The zero-order chi connectivity index (χ0) is 16.4. The van der Waals surface area contributed by atoms with Gasteiger partial charge in [-0.2, -0.15) is 5.26 Å². The number of benzene rings is 1. The molecule has 0 saturated heterocycles. The molecule has 0 unspecified atom stereocenters. The third-order valence-electron chi connectivity index (χ3n) is 3.92. The van der Waals surface area contributed by atoms with Crippen molar-refractivity contribution in [3.63, 3.8) is 0 Å². The van der Waals surface area contributed by atoms with Crippen LogP contribution in [0, 0.1) is 11.3 Å². The number of nitriles is 1. The van der Waals surface area contributed by atoms with Gasteiger partial charge in [0.15, 0.2) is 0 Å². The van der Waals surface area contributed by atoms with Gasteiger partial charge in [-0.25, -0.2) is 0 Å². The minimum atomic E-state index is -4.74. The van der Waals surface area contributed by atoms with E-state index >= 15 is 0 Å². The molecule has 0 atom stereocenters. The molecule has 22 heavy (non-hydrogen) atoms. The summed E-state index contributed by atoms with van der Waals surface area (Å²) < 4.78 is 39.9. The number of nitrogens with zero attached hydrogens (tertiary/aromatic N) is 2. The van der Waals surface area contributed by atoms with Crippen LogP contribution in [0.1, 0.15) is 24.8 Å². The predicted molar refractivity (Wildman–Crippen MR) is 71.8 cm³/mol. The first-order valence-electron chi connectivity index (χ1n) is 6.78. The smallest absolute Gasteiger partial charge is 0.406 e. The molecule has 0 aromatic heterocycles. The molecule has 0 aliphatic heterocycles. The van der Waals surface area contributed by atoms with Gasteiger partial charge >= 0.3 is 6.36 Å². The molecule has 0 radical (unpaired) electrons. The molecular weight excluding hydrogens is 297 g/mol.